The summed E-state index contributed by atoms with van der Waals surface area (Å²) >= 11 is 0. The van der Waals surface area contributed by atoms with Crippen LogP contribution in [0.4, 0.5) is 0 Å². The Morgan fingerprint density at radius 3 is 1.54 bits per heavy atom. The van der Waals surface area contributed by atoms with Gasteiger partial charge in [-0.3, -0.25) is 9.35 Å². The Balaban J connectivity index is -0.000000147. The predicted molar refractivity (Wildman–Crippen MR) is 92.0 cm³/mol. The van der Waals surface area contributed by atoms with E-state index in [1.54, 1.807) is 6.92 Å². The van der Waals surface area contributed by atoms with E-state index < -0.39 is 16.4 Å². The molecule has 0 aromatic heterocycles. The minimum Gasteiger partial charge on any atom is -1.00 e. The van der Waals surface area contributed by atoms with Crippen LogP contribution in [0.5, 0.6) is 0 Å². The average molecular weight is 382 g/mol. The molecule has 0 aromatic carbocycles. The normalized spacial score (nSPS) is 9.96. The van der Waals surface area contributed by atoms with Crippen LogP contribution < -0.4 is 29.6 Å². The number of carbonyl (C=O) groups is 1. The van der Waals surface area contributed by atoms with Crippen LogP contribution >= 0.6 is 0 Å². The summed E-state index contributed by atoms with van der Waals surface area (Å²) in [7, 11) is -4.23. The van der Waals surface area contributed by atoms with E-state index in [1.807, 2.05) is 0 Å². The molecular formula is C15H35NaO7S. The third-order valence-corrected chi connectivity index (χ3v) is 3.50. The van der Waals surface area contributed by atoms with Gasteiger partial charge in [0.25, 0.3) is 0 Å². The molecule has 0 rings (SSSR count). The molecule has 0 spiro atoms. The van der Waals surface area contributed by atoms with E-state index in [2.05, 4.69) is 11.1 Å². The number of hydrogen-bond donors (Lipinski definition) is 2. The summed E-state index contributed by atoms with van der Waals surface area (Å²) < 4.78 is 33.0. The fourth-order valence-corrected chi connectivity index (χ4v) is 2.08. The van der Waals surface area contributed by atoms with Crippen LogP contribution in [0, 0.1) is 0 Å². The molecule has 0 atom stereocenters. The van der Waals surface area contributed by atoms with Gasteiger partial charge in [0.15, 0.2) is 0 Å². The van der Waals surface area contributed by atoms with E-state index in [9.17, 15) is 13.2 Å². The molecule has 0 bridgehead atoms. The van der Waals surface area contributed by atoms with Crippen LogP contribution in [-0.4, -0.2) is 36.1 Å². The van der Waals surface area contributed by atoms with Crippen molar-refractivity contribution in [3.63, 3.8) is 0 Å². The Morgan fingerprint density at radius 2 is 1.25 bits per heavy atom. The van der Waals surface area contributed by atoms with Crippen molar-refractivity contribution in [1.29, 1.82) is 0 Å². The second kappa shape index (κ2) is 23.3. The molecule has 24 heavy (non-hydrogen) atoms. The molecule has 0 aliphatic rings. The smallest absolute Gasteiger partial charge is 1.00 e. The van der Waals surface area contributed by atoms with Gasteiger partial charge < -0.3 is 12.0 Å². The molecule has 0 fully saturated rings. The third-order valence-electron chi connectivity index (χ3n) is 3.03. The zero-order chi connectivity index (χ0) is 17.3. The molecule has 0 radical (unpaired) electrons. The van der Waals surface area contributed by atoms with Gasteiger partial charge in [-0.25, -0.2) is 4.18 Å². The topological polar surface area (TPSA) is 132 Å². The number of carboxylic acid groups (broad SMARTS) is 1. The Kier molecular flexibility index (Phi) is 31.1. The average Bonchev–Trinajstić information content (AvgIpc) is 2.44. The maximum atomic E-state index is 10.2. The summed E-state index contributed by atoms with van der Waals surface area (Å²) in [4.78, 5) is 9.37. The molecule has 7 nitrogen and oxygen atoms in total. The largest absolute Gasteiger partial charge is 1.00 e. The number of rotatable bonds is 13. The van der Waals surface area contributed by atoms with Crippen molar-refractivity contribution in [3.05, 3.63) is 0 Å². The maximum Gasteiger partial charge on any atom is 1.00 e. The summed E-state index contributed by atoms with van der Waals surface area (Å²) in [6, 6.07) is 0. The van der Waals surface area contributed by atoms with Crippen LogP contribution in [0.15, 0.2) is 0 Å². The molecule has 0 amide bonds. The number of hydrogen-bond acceptors (Lipinski definition) is 4. The standard InChI is InChI=1S/C12H26O4S.C3H6O2.Na.H2O.H/c1-2-3-4-5-6-7-8-9-10-11-12-16-17(13,14)15;1-2-3(4)5;;;/h2-12H2,1H3,(H,13,14,15);2H2,1H3,(H,4,5);;1H2;/q;;+1;;-1. The minimum absolute atomic E-state index is 0. The zero-order valence-corrected chi connectivity index (χ0v) is 18.2. The second-order valence-electron chi connectivity index (χ2n) is 5.18. The quantitative estimate of drug-likeness (QED) is 0.271. The van der Waals surface area contributed by atoms with Gasteiger partial charge in [-0.15, -0.1) is 0 Å². The van der Waals surface area contributed by atoms with Gasteiger partial charge in [-0.05, 0) is 6.42 Å². The minimum atomic E-state index is -4.23. The fourth-order valence-electron chi connectivity index (χ4n) is 1.75. The molecule has 0 aromatic rings. The van der Waals surface area contributed by atoms with Crippen molar-refractivity contribution in [3.8, 4) is 0 Å². The van der Waals surface area contributed by atoms with Gasteiger partial charge in [0.2, 0.25) is 0 Å². The fraction of sp³-hybridized carbons (Fsp3) is 0.933. The maximum absolute atomic E-state index is 10.2. The van der Waals surface area contributed by atoms with Gasteiger partial charge in [0.05, 0.1) is 6.61 Å². The van der Waals surface area contributed by atoms with Gasteiger partial charge in [-0.1, -0.05) is 71.6 Å². The molecule has 0 saturated heterocycles. The van der Waals surface area contributed by atoms with Crippen LogP contribution in [0.3, 0.4) is 0 Å². The molecular weight excluding hydrogens is 347 g/mol. The predicted octanol–water partition coefficient (Wildman–Crippen LogP) is 0.500. The van der Waals surface area contributed by atoms with Crippen LogP contribution in [0.1, 0.15) is 85.9 Å². The van der Waals surface area contributed by atoms with Crippen molar-refractivity contribution in [2.45, 2.75) is 84.5 Å². The van der Waals surface area contributed by atoms with Crippen LogP contribution in [0.25, 0.3) is 0 Å². The Morgan fingerprint density at radius 1 is 0.917 bits per heavy atom. The van der Waals surface area contributed by atoms with E-state index >= 15 is 0 Å². The van der Waals surface area contributed by atoms with Crippen molar-refractivity contribution in [2.75, 3.05) is 6.61 Å². The van der Waals surface area contributed by atoms with Crippen molar-refractivity contribution in [2.24, 2.45) is 0 Å². The molecule has 0 unspecified atom stereocenters. The summed E-state index contributed by atoms with van der Waals surface area (Å²) in [5.74, 6) is -0.745. The Hall–Kier alpha value is 0.300. The molecule has 144 valence electrons. The third kappa shape index (κ3) is 38.1. The summed E-state index contributed by atoms with van der Waals surface area (Å²) in [5.41, 5.74) is 0. The summed E-state index contributed by atoms with van der Waals surface area (Å²) in [5, 5.41) is 7.72. The molecule has 0 heterocycles. The first-order valence-corrected chi connectivity index (χ1v) is 9.53. The first-order chi connectivity index (χ1) is 10.3. The summed E-state index contributed by atoms with van der Waals surface area (Å²) in [6.07, 6.45) is 12.1. The molecule has 4 N–H and O–H groups in total. The SMILES string of the molecule is CCC(=O)O.CCCCCCCCCCCCOS(=O)(=O)O.O.[H-].[Na+]. The Labute approximate surface area is 170 Å². The second-order valence-corrected chi connectivity index (χ2v) is 6.27. The zero-order valence-electron chi connectivity index (χ0n) is 16.4. The molecule has 0 saturated carbocycles. The number of carboxylic acids is 1. The van der Waals surface area contributed by atoms with Gasteiger partial charge in [-0.2, -0.15) is 8.42 Å². The van der Waals surface area contributed by atoms with E-state index in [0.29, 0.717) is 6.42 Å². The molecule has 9 heteroatoms. The van der Waals surface area contributed by atoms with Crippen LogP contribution in [0.2, 0.25) is 0 Å². The number of aliphatic carboxylic acids is 1. The van der Waals surface area contributed by atoms with E-state index in [0.717, 1.165) is 12.8 Å². The van der Waals surface area contributed by atoms with Crippen molar-refractivity contribution >= 4 is 16.4 Å². The van der Waals surface area contributed by atoms with Gasteiger partial charge in [0, 0.05) is 6.42 Å². The van der Waals surface area contributed by atoms with Crippen molar-refractivity contribution < 1.29 is 63.5 Å². The molecule has 0 aliphatic heterocycles. The van der Waals surface area contributed by atoms with Crippen LogP contribution in [-0.2, 0) is 19.4 Å². The monoisotopic (exact) mass is 382 g/mol. The van der Waals surface area contributed by atoms with E-state index in [1.165, 1.54) is 44.9 Å². The first kappa shape index (κ1) is 32.0. The van der Waals surface area contributed by atoms with E-state index in [-0.39, 0.29) is 49.5 Å². The number of unbranched alkanes of at least 4 members (excludes halogenated alkanes) is 9. The molecule has 0 aliphatic carbocycles. The van der Waals surface area contributed by atoms with E-state index in [4.69, 9.17) is 9.66 Å². The summed E-state index contributed by atoms with van der Waals surface area (Å²) in [6.45, 7) is 3.91. The first-order valence-electron chi connectivity index (χ1n) is 8.17. The Bertz CT molecular complexity index is 354. The van der Waals surface area contributed by atoms with Crippen molar-refractivity contribution in [1.82, 2.24) is 0 Å². The van der Waals surface area contributed by atoms with Gasteiger partial charge in [0.1, 0.15) is 0 Å². The van der Waals surface area contributed by atoms with Gasteiger partial charge >= 0.3 is 45.9 Å².